The monoisotopic (exact) mass is 554 g/mol. The van der Waals surface area contributed by atoms with Crippen LogP contribution in [-0.4, -0.2) is 37.2 Å². The van der Waals surface area contributed by atoms with Crippen LogP contribution in [-0.2, 0) is 14.3 Å². The van der Waals surface area contributed by atoms with Crippen molar-refractivity contribution in [3.05, 3.63) is 42.0 Å². The first-order chi connectivity index (χ1) is 19.5. The van der Waals surface area contributed by atoms with Crippen LogP contribution < -0.4 is 4.74 Å². The molecule has 0 saturated heterocycles. The normalized spacial score (nSPS) is 28.6. The molecule has 0 bridgehead atoms. The van der Waals surface area contributed by atoms with Crippen molar-refractivity contribution in [2.45, 2.75) is 122 Å². The van der Waals surface area contributed by atoms with Gasteiger partial charge in [0.15, 0.2) is 0 Å². The lowest BCUT2D eigenvalue weighted by atomic mass is 9.68. The van der Waals surface area contributed by atoms with E-state index < -0.39 is 0 Å². The van der Waals surface area contributed by atoms with Crippen molar-refractivity contribution in [3.63, 3.8) is 0 Å². The Morgan fingerprint density at radius 2 is 1.50 bits per heavy atom. The first-order valence-corrected chi connectivity index (χ1v) is 16.1. The molecule has 40 heavy (non-hydrogen) atoms. The molecule has 1 aromatic rings. The minimum Gasteiger partial charge on any atom is -0.426 e. The summed E-state index contributed by atoms with van der Waals surface area (Å²) in [7, 11) is 1.82. The molecule has 5 nitrogen and oxygen atoms in total. The number of benzene rings is 1. The van der Waals surface area contributed by atoms with Gasteiger partial charge in [0, 0.05) is 12.7 Å². The van der Waals surface area contributed by atoms with E-state index in [4.69, 9.17) is 14.6 Å². The van der Waals surface area contributed by atoms with Crippen LogP contribution in [0.3, 0.4) is 0 Å². The molecule has 0 radical (unpaired) electrons. The predicted octanol–water partition coefficient (Wildman–Crippen LogP) is 8.19. The largest absolute Gasteiger partial charge is 0.426 e. The van der Waals surface area contributed by atoms with Gasteiger partial charge in [-0.3, -0.25) is 9.59 Å². The molecule has 4 rings (SSSR count). The fourth-order valence-corrected chi connectivity index (χ4v) is 7.13. The van der Waals surface area contributed by atoms with E-state index >= 15 is 0 Å². The molecule has 3 saturated carbocycles. The second-order valence-corrected chi connectivity index (χ2v) is 12.5. The zero-order valence-corrected chi connectivity index (χ0v) is 25.2. The van der Waals surface area contributed by atoms with E-state index in [1.54, 1.807) is 0 Å². The van der Waals surface area contributed by atoms with Gasteiger partial charge in [-0.15, -0.1) is 0 Å². The molecule has 0 atom stereocenters. The first-order valence-electron chi connectivity index (χ1n) is 16.1. The fourth-order valence-electron chi connectivity index (χ4n) is 7.13. The molecular weight excluding hydrogens is 500 g/mol. The minimum atomic E-state index is -0.233. The third-order valence-corrected chi connectivity index (χ3v) is 9.83. The number of ether oxygens (including phenoxy) is 2. The van der Waals surface area contributed by atoms with Crippen LogP contribution in [0.25, 0.3) is 0 Å². The number of hydrogen-bond donors (Lipinski definition) is 1. The maximum Gasteiger partial charge on any atom is 0.314 e. The SMILES string of the molecule is C=C(C=O)CO.CCCCCC1CCC(C2CCC(C(=O)Oc3ccc(C4CCC(OC)CC4)cc3)CC2)CC1. The van der Waals surface area contributed by atoms with E-state index in [9.17, 15) is 9.59 Å². The van der Waals surface area contributed by atoms with E-state index in [0.29, 0.717) is 24.1 Å². The van der Waals surface area contributed by atoms with Crippen molar-refractivity contribution in [2.75, 3.05) is 13.7 Å². The van der Waals surface area contributed by atoms with Gasteiger partial charge in [-0.2, -0.15) is 0 Å². The molecule has 0 aliphatic heterocycles. The van der Waals surface area contributed by atoms with Gasteiger partial charge in [-0.05, 0) is 106 Å². The summed E-state index contributed by atoms with van der Waals surface area (Å²) in [6, 6.07) is 8.33. The highest BCUT2D eigenvalue weighted by atomic mass is 16.5. The zero-order valence-electron chi connectivity index (χ0n) is 25.2. The van der Waals surface area contributed by atoms with Gasteiger partial charge in [-0.1, -0.05) is 64.2 Å². The lowest BCUT2D eigenvalue weighted by Crippen LogP contribution is -2.30. The molecule has 0 aromatic heterocycles. The highest BCUT2D eigenvalue weighted by molar-refractivity contribution is 5.75. The fraction of sp³-hybridized carbons (Fsp3) is 0.714. The first kappa shape index (κ1) is 32.5. The van der Waals surface area contributed by atoms with Gasteiger partial charge in [0.25, 0.3) is 0 Å². The van der Waals surface area contributed by atoms with Crippen LogP contribution in [0.4, 0.5) is 0 Å². The number of aldehydes is 1. The minimum absolute atomic E-state index is 0.00793. The summed E-state index contributed by atoms with van der Waals surface area (Å²) in [4.78, 5) is 22.3. The summed E-state index contributed by atoms with van der Waals surface area (Å²) in [5, 5.41) is 8.00. The zero-order chi connectivity index (χ0) is 28.7. The smallest absolute Gasteiger partial charge is 0.314 e. The molecule has 3 aliphatic carbocycles. The number of esters is 1. The van der Waals surface area contributed by atoms with Gasteiger partial charge in [0.2, 0.25) is 0 Å². The van der Waals surface area contributed by atoms with E-state index in [1.165, 1.54) is 82.6 Å². The Kier molecular flexibility index (Phi) is 14.4. The van der Waals surface area contributed by atoms with Crippen molar-refractivity contribution in [2.24, 2.45) is 23.7 Å². The van der Waals surface area contributed by atoms with E-state index in [0.717, 1.165) is 43.4 Å². The quantitative estimate of drug-likeness (QED) is 0.0981. The number of aliphatic hydroxyl groups excluding tert-OH is 1. The summed E-state index contributed by atoms with van der Waals surface area (Å²) in [5.41, 5.74) is 1.59. The number of unbranched alkanes of at least 4 members (excludes halogenated alkanes) is 2. The summed E-state index contributed by atoms with van der Waals surface area (Å²) in [6.45, 7) is 5.24. The molecule has 224 valence electrons. The highest BCUT2D eigenvalue weighted by Gasteiger charge is 2.33. The summed E-state index contributed by atoms with van der Waals surface area (Å²) in [5.74, 6) is 4.14. The second kappa shape index (κ2) is 17.7. The molecule has 0 spiro atoms. The van der Waals surface area contributed by atoms with Crippen molar-refractivity contribution >= 4 is 12.3 Å². The third kappa shape index (κ3) is 10.4. The molecule has 0 heterocycles. The Morgan fingerprint density at radius 3 is 2.00 bits per heavy atom. The maximum absolute atomic E-state index is 12.8. The van der Waals surface area contributed by atoms with Crippen LogP contribution in [0.2, 0.25) is 0 Å². The molecule has 0 amide bonds. The van der Waals surface area contributed by atoms with Crippen LogP contribution >= 0.6 is 0 Å². The van der Waals surface area contributed by atoms with Crippen LogP contribution in [0.1, 0.15) is 121 Å². The Balaban J connectivity index is 0.000000663. The standard InChI is InChI=1S/C31H48O3.C4H6O2/c1-3-4-5-6-23-7-9-24(10-8-23)25-11-13-28(14-12-25)31(32)34-30-21-17-27(18-22-30)26-15-19-29(33-2)20-16-26;1-4(2-5)3-6/h17-18,21-26,28-29H,3-16,19-20H2,1-2H3;2,6H,1,3H2. The van der Waals surface area contributed by atoms with E-state index in [2.05, 4.69) is 25.6 Å². The molecule has 3 aliphatic rings. The highest BCUT2D eigenvalue weighted by Crippen LogP contribution is 2.42. The van der Waals surface area contributed by atoms with E-state index in [-0.39, 0.29) is 24.1 Å². The van der Waals surface area contributed by atoms with Crippen molar-refractivity contribution in [1.29, 1.82) is 0 Å². The second-order valence-electron chi connectivity index (χ2n) is 12.5. The summed E-state index contributed by atoms with van der Waals surface area (Å²) < 4.78 is 11.3. The topological polar surface area (TPSA) is 72.8 Å². The number of carbonyl (C=O) groups is 2. The van der Waals surface area contributed by atoms with Crippen molar-refractivity contribution < 1.29 is 24.2 Å². The Labute approximate surface area is 243 Å². The maximum atomic E-state index is 12.8. The number of carbonyl (C=O) groups excluding carboxylic acids is 2. The average Bonchev–Trinajstić information content (AvgIpc) is 3.02. The molecule has 0 unspecified atom stereocenters. The number of aliphatic hydroxyl groups is 1. The number of hydrogen-bond acceptors (Lipinski definition) is 5. The van der Waals surface area contributed by atoms with Gasteiger partial charge in [0.1, 0.15) is 12.0 Å². The molecule has 3 fully saturated rings. The average molecular weight is 555 g/mol. The molecular formula is C35H54O5. The third-order valence-electron chi connectivity index (χ3n) is 9.83. The summed E-state index contributed by atoms with van der Waals surface area (Å²) in [6.07, 6.45) is 21.4. The van der Waals surface area contributed by atoms with Crippen molar-refractivity contribution in [3.8, 4) is 5.75 Å². The van der Waals surface area contributed by atoms with Crippen LogP contribution in [0, 0.1) is 23.7 Å². The molecule has 1 aromatic carbocycles. The predicted molar refractivity (Wildman–Crippen MR) is 161 cm³/mol. The van der Waals surface area contributed by atoms with Crippen LogP contribution in [0.15, 0.2) is 36.4 Å². The number of rotatable bonds is 11. The van der Waals surface area contributed by atoms with E-state index in [1.807, 2.05) is 19.2 Å². The number of methoxy groups -OCH3 is 1. The van der Waals surface area contributed by atoms with Gasteiger partial charge < -0.3 is 14.6 Å². The summed E-state index contributed by atoms with van der Waals surface area (Å²) >= 11 is 0. The van der Waals surface area contributed by atoms with Crippen molar-refractivity contribution in [1.82, 2.24) is 0 Å². The van der Waals surface area contributed by atoms with Crippen LogP contribution in [0.5, 0.6) is 5.75 Å². The Morgan fingerprint density at radius 1 is 0.900 bits per heavy atom. The lowest BCUT2D eigenvalue weighted by molar-refractivity contribution is -0.140. The van der Waals surface area contributed by atoms with Gasteiger partial charge in [-0.25, -0.2) is 0 Å². The lowest BCUT2D eigenvalue weighted by Gasteiger charge is -2.37. The van der Waals surface area contributed by atoms with Gasteiger partial charge in [0.05, 0.1) is 18.6 Å². The molecule has 1 N–H and O–H groups in total. The Bertz CT molecular complexity index is 870. The molecule has 5 heteroatoms. The van der Waals surface area contributed by atoms with Gasteiger partial charge >= 0.3 is 5.97 Å². The Hall–Kier alpha value is -1.98.